The van der Waals surface area contributed by atoms with Gasteiger partial charge in [0.25, 0.3) is 0 Å². The Labute approximate surface area is 112 Å². The van der Waals surface area contributed by atoms with Gasteiger partial charge in [0.05, 0.1) is 0 Å². The molecule has 1 heterocycles. The van der Waals surface area contributed by atoms with E-state index in [0.29, 0.717) is 5.75 Å². The van der Waals surface area contributed by atoms with Crippen LogP contribution in [0.4, 0.5) is 0 Å². The Morgan fingerprint density at radius 2 is 1.58 bits per heavy atom. The van der Waals surface area contributed by atoms with Crippen LogP contribution in [0.5, 0.6) is 5.75 Å². The van der Waals surface area contributed by atoms with E-state index in [1.807, 2.05) is 54.3 Å². The molecule has 0 bridgehead atoms. The molecule has 0 saturated carbocycles. The van der Waals surface area contributed by atoms with Gasteiger partial charge in [-0.1, -0.05) is 24.3 Å². The quantitative estimate of drug-likeness (QED) is 0.605. The molecule has 3 nitrogen and oxygen atoms in total. The summed E-state index contributed by atoms with van der Waals surface area (Å²) in [5.74, 6) is 0.705. The van der Waals surface area contributed by atoms with Gasteiger partial charge in [0.1, 0.15) is 19.4 Å². The highest BCUT2D eigenvalue weighted by Crippen LogP contribution is 2.14. The van der Waals surface area contributed by atoms with Gasteiger partial charge in [-0.25, -0.2) is 4.57 Å². The summed E-state index contributed by atoms with van der Waals surface area (Å²) in [5.41, 5.74) is 2.24. The van der Waals surface area contributed by atoms with Crippen molar-refractivity contribution in [2.24, 2.45) is 7.05 Å². The second kappa shape index (κ2) is 6.50. The van der Waals surface area contributed by atoms with Crippen LogP contribution in [-0.2, 0) is 11.8 Å². The Bertz CT molecular complexity index is 556. The topological polar surface area (TPSA) is 30.2 Å². The summed E-state index contributed by atoms with van der Waals surface area (Å²) < 4.78 is 7.19. The molecule has 2 rings (SSSR count). The number of ether oxygens (including phenoxy) is 1. The summed E-state index contributed by atoms with van der Waals surface area (Å²) in [7, 11) is 1.99. The minimum atomic E-state index is 0.0935. The van der Waals surface area contributed by atoms with Crippen LogP contribution in [0.15, 0.2) is 48.8 Å². The number of aromatic nitrogens is 1. The smallest absolute Gasteiger partial charge is 0.169 e. The number of pyridine rings is 1. The summed E-state index contributed by atoms with van der Waals surface area (Å²) in [6.07, 6.45) is 8.86. The molecule has 0 fully saturated rings. The molecule has 0 N–H and O–H groups in total. The van der Waals surface area contributed by atoms with E-state index in [9.17, 15) is 4.79 Å². The van der Waals surface area contributed by atoms with E-state index in [4.69, 9.17) is 4.74 Å². The van der Waals surface area contributed by atoms with Crippen LogP contribution >= 0.6 is 0 Å². The number of hydrogen-bond donors (Lipinski definition) is 0. The van der Waals surface area contributed by atoms with Gasteiger partial charge in [-0.3, -0.25) is 4.79 Å². The van der Waals surface area contributed by atoms with Gasteiger partial charge in [-0.05, 0) is 23.3 Å². The van der Waals surface area contributed by atoms with E-state index in [-0.39, 0.29) is 6.61 Å². The largest absolute Gasteiger partial charge is 0.486 e. The lowest BCUT2D eigenvalue weighted by Crippen LogP contribution is -2.25. The average Bonchev–Trinajstić information content (AvgIpc) is 2.46. The van der Waals surface area contributed by atoms with Crippen molar-refractivity contribution < 1.29 is 14.1 Å². The molecule has 0 radical (unpaired) electrons. The zero-order valence-electron chi connectivity index (χ0n) is 10.8. The van der Waals surface area contributed by atoms with Crippen molar-refractivity contribution in [3.63, 3.8) is 0 Å². The van der Waals surface area contributed by atoms with Gasteiger partial charge >= 0.3 is 0 Å². The van der Waals surface area contributed by atoms with Crippen molar-refractivity contribution in [3.8, 4) is 5.75 Å². The number of aryl methyl sites for hydroxylation is 1. The Balaban J connectivity index is 2.02. The molecule has 96 valence electrons. The SMILES string of the molecule is C[n+]1ccc(C=Cc2ccc(OCC=O)cc2)cc1. The minimum absolute atomic E-state index is 0.0935. The minimum Gasteiger partial charge on any atom is -0.486 e. The van der Waals surface area contributed by atoms with Crippen LogP contribution in [0.25, 0.3) is 12.2 Å². The number of hydrogen-bond acceptors (Lipinski definition) is 2. The van der Waals surface area contributed by atoms with Crippen molar-refractivity contribution in [2.45, 2.75) is 0 Å². The molecular formula is C16H16NO2+. The van der Waals surface area contributed by atoms with Gasteiger partial charge in [0.2, 0.25) is 0 Å². The first-order valence-electron chi connectivity index (χ1n) is 6.08. The second-order valence-electron chi connectivity index (χ2n) is 4.18. The number of nitrogens with zero attached hydrogens (tertiary/aromatic N) is 1. The molecule has 2 aromatic rings. The van der Waals surface area contributed by atoms with Crippen LogP contribution in [0.1, 0.15) is 11.1 Å². The Hall–Kier alpha value is -2.42. The standard InChI is InChI=1S/C16H16NO2/c1-17-10-8-15(9-11-17)3-2-14-4-6-16(7-5-14)19-13-12-18/h2-12H,13H2,1H3/q+1. The molecule has 0 spiro atoms. The summed E-state index contributed by atoms with van der Waals surface area (Å²) in [5, 5.41) is 0. The summed E-state index contributed by atoms with van der Waals surface area (Å²) in [4.78, 5) is 10.2. The zero-order valence-corrected chi connectivity index (χ0v) is 10.8. The third-order valence-corrected chi connectivity index (χ3v) is 2.67. The molecule has 0 saturated heterocycles. The van der Waals surface area contributed by atoms with Crippen molar-refractivity contribution in [3.05, 3.63) is 59.9 Å². The van der Waals surface area contributed by atoms with E-state index >= 15 is 0 Å². The normalized spacial score (nSPS) is 10.6. The van der Waals surface area contributed by atoms with Crippen LogP contribution < -0.4 is 9.30 Å². The Kier molecular flexibility index (Phi) is 4.45. The van der Waals surface area contributed by atoms with Crippen LogP contribution in [0.2, 0.25) is 0 Å². The van der Waals surface area contributed by atoms with E-state index < -0.39 is 0 Å². The summed E-state index contributed by atoms with van der Waals surface area (Å²) in [6.45, 7) is 0.0935. The lowest BCUT2D eigenvalue weighted by molar-refractivity contribution is -0.671. The van der Waals surface area contributed by atoms with E-state index in [1.165, 1.54) is 0 Å². The number of carbonyl (C=O) groups excluding carboxylic acids is 1. The fourth-order valence-corrected chi connectivity index (χ4v) is 1.62. The third-order valence-electron chi connectivity index (χ3n) is 2.67. The third kappa shape index (κ3) is 4.07. The maximum atomic E-state index is 10.2. The van der Waals surface area contributed by atoms with Gasteiger partial charge in [0.15, 0.2) is 18.7 Å². The Morgan fingerprint density at radius 3 is 2.16 bits per heavy atom. The van der Waals surface area contributed by atoms with Crippen LogP contribution in [0.3, 0.4) is 0 Å². The molecule has 0 aliphatic rings. The molecule has 1 aromatic carbocycles. The number of carbonyl (C=O) groups is 1. The maximum absolute atomic E-state index is 10.2. The molecule has 19 heavy (non-hydrogen) atoms. The van der Waals surface area contributed by atoms with E-state index in [2.05, 4.69) is 18.2 Å². The van der Waals surface area contributed by atoms with Crippen molar-refractivity contribution in [1.29, 1.82) is 0 Å². The summed E-state index contributed by atoms with van der Waals surface area (Å²) in [6, 6.07) is 11.7. The Morgan fingerprint density at radius 1 is 1.00 bits per heavy atom. The molecule has 0 aliphatic heterocycles. The van der Waals surface area contributed by atoms with Crippen LogP contribution in [0, 0.1) is 0 Å². The maximum Gasteiger partial charge on any atom is 0.169 e. The number of aldehydes is 1. The van der Waals surface area contributed by atoms with Crippen molar-refractivity contribution >= 4 is 18.4 Å². The molecule has 0 amide bonds. The molecular weight excluding hydrogens is 238 g/mol. The first-order valence-corrected chi connectivity index (χ1v) is 6.08. The number of benzene rings is 1. The highest BCUT2D eigenvalue weighted by Gasteiger charge is 1.94. The first-order chi connectivity index (χ1) is 9.28. The van der Waals surface area contributed by atoms with Gasteiger partial charge in [-0.15, -0.1) is 0 Å². The monoisotopic (exact) mass is 254 g/mol. The van der Waals surface area contributed by atoms with Crippen molar-refractivity contribution in [1.82, 2.24) is 0 Å². The highest BCUT2D eigenvalue weighted by molar-refractivity contribution is 5.69. The highest BCUT2D eigenvalue weighted by atomic mass is 16.5. The lowest BCUT2D eigenvalue weighted by atomic mass is 10.1. The fourth-order valence-electron chi connectivity index (χ4n) is 1.62. The predicted molar refractivity (Wildman–Crippen MR) is 74.5 cm³/mol. The molecule has 0 aliphatic carbocycles. The second-order valence-corrected chi connectivity index (χ2v) is 4.18. The molecule has 0 atom stereocenters. The van der Waals surface area contributed by atoms with Gasteiger partial charge < -0.3 is 4.74 Å². The summed E-state index contributed by atoms with van der Waals surface area (Å²) >= 11 is 0. The van der Waals surface area contributed by atoms with Gasteiger partial charge in [-0.2, -0.15) is 0 Å². The van der Waals surface area contributed by atoms with Crippen molar-refractivity contribution in [2.75, 3.05) is 6.61 Å². The molecule has 0 unspecified atom stereocenters. The zero-order chi connectivity index (χ0) is 13.5. The predicted octanol–water partition coefficient (Wildman–Crippen LogP) is 2.26. The first kappa shape index (κ1) is 13.0. The molecule has 3 heteroatoms. The van der Waals surface area contributed by atoms with E-state index in [0.717, 1.165) is 17.4 Å². The average molecular weight is 254 g/mol. The fraction of sp³-hybridized carbons (Fsp3) is 0.125. The van der Waals surface area contributed by atoms with Gasteiger partial charge in [0, 0.05) is 12.1 Å². The van der Waals surface area contributed by atoms with Crippen LogP contribution in [-0.4, -0.2) is 12.9 Å². The molecule has 1 aromatic heterocycles. The number of rotatable bonds is 5. The lowest BCUT2D eigenvalue weighted by Gasteiger charge is -2.01. The van der Waals surface area contributed by atoms with E-state index in [1.54, 1.807) is 0 Å².